The molecule has 202 valence electrons. The lowest BCUT2D eigenvalue weighted by Gasteiger charge is -2.36. The van der Waals surface area contributed by atoms with Gasteiger partial charge in [-0.15, -0.1) is 0 Å². The lowest BCUT2D eigenvalue weighted by molar-refractivity contribution is 0.0951. The average molecular weight is 518 g/mol. The van der Waals surface area contributed by atoms with E-state index in [2.05, 4.69) is 34.8 Å². The Morgan fingerprint density at radius 2 is 1.79 bits per heavy atom. The fourth-order valence-electron chi connectivity index (χ4n) is 6.00. The normalized spacial score (nSPS) is 18.2. The minimum atomic E-state index is -0.427. The molecular weight excluding hydrogens is 478 g/mol. The Balaban J connectivity index is 1.43. The van der Waals surface area contributed by atoms with Gasteiger partial charge < -0.3 is 21.3 Å². The topological polar surface area (TPSA) is 118 Å². The van der Waals surface area contributed by atoms with Crippen LogP contribution in [0.15, 0.2) is 30.5 Å². The quantitative estimate of drug-likeness (QED) is 0.393. The molecule has 9 heteroatoms. The second-order valence-corrected chi connectivity index (χ2v) is 10.4. The van der Waals surface area contributed by atoms with Crippen molar-refractivity contribution >= 4 is 28.7 Å². The molecule has 2 aliphatic rings. The Labute approximate surface area is 224 Å². The zero-order valence-corrected chi connectivity index (χ0v) is 22.5. The van der Waals surface area contributed by atoms with Gasteiger partial charge in [-0.1, -0.05) is 31.9 Å². The van der Waals surface area contributed by atoms with Crippen LogP contribution >= 0.6 is 0 Å². The molecule has 1 atom stereocenters. The number of likely N-dealkylation sites (tertiary alicyclic amines) is 1. The summed E-state index contributed by atoms with van der Waals surface area (Å²) in [5.41, 5.74) is 11.2. The minimum absolute atomic E-state index is 0.114. The second kappa shape index (κ2) is 11.4. The molecule has 0 radical (unpaired) electrons. The SMILES string of the molecule is CCc1nc2c(cnn2CC)c(NC2CCCCN2C(N)=O)c1CNC(=O)c1ccc(C2CCCC2)cc1. The fourth-order valence-corrected chi connectivity index (χ4v) is 6.00. The molecule has 2 aromatic heterocycles. The largest absolute Gasteiger partial charge is 0.364 e. The summed E-state index contributed by atoms with van der Waals surface area (Å²) in [6.45, 7) is 5.74. The summed E-state index contributed by atoms with van der Waals surface area (Å²) in [6.07, 6.45) is 10.1. The van der Waals surface area contributed by atoms with Crippen molar-refractivity contribution in [1.29, 1.82) is 0 Å². The summed E-state index contributed by atoms with van der Waals surface area (Å²) in [6, 6.07) is 7.64. The maximum atomic E-state index is 13.2. The molecule has 1 unspecified atom stereocenters. The lowest BCUT2D eigenvalue weighted by atomic mass is 9.96. The van der Waals surface area contributed by atoms with E-state index >= 15 is 0 Å². The zero-order valence-electron chi connectivity index (χ0n) is 22.5. The highest BCUT2D eigenvalue weighted by atomic mass is 16.2. The number of piperidine rings is 1. The number of carbonyl (C=O) groups excluding carboxylic acids is 2. The molecule has 9 nitrogen and oxygen atoms in total. The number of nitrogens with one attached hydrogen (secondary N) is 2. The molecule has 1 aliphatic heterocycles. The Morgan fingerprint density at radius 1 is 1.05 bits per heavy atom. The van der Waals surface area contributed by atoms with E-state index < -0.39 is 6.03 Å². The summed E-state index contributed by atoms with van der Waals surface area (Å²) < 4.78 is 1.88. The van der Waals surface area contributed by atoms with Crippen molar-refractivity contribution in [2.24, 2.45) is 5.73 Å². The molecular formula is C29H39N7O2. The number of benzene rings is 1. The van der Waals surface area contributed by atoms with E-state index in [9.17, 15) is 9.59 Å². The van der Waals surface area contributed by atoms with Crippen molar-refractivity contribution in [1.82, 2.24) is 25.0 Å². The molecule has 1 aromatic carbocycles. The maximum absolute atomic E-state index is 13.2. The number of hydrogen-bond acceptors (Lipinski definition) is 5. The maximum Gasteiger partial charge on any atom is 0.316 e. The molecule has 38 heavy (non-hydrogen) atoms. The molecule has 4 N–H and O–H groups in total. The second-order valence-electron chi connectivity index (χ2n) is 10.4. The molecule has 0 spiro atoms. The van der Waals surface area contributed by atoms with Crippen molar-refractivity contribution in [2.75, 3.05) is 11.9 Å². The van der Waals surface area contributed by atoms with E-state index in [-0.39, 0.29) is 12.1 Å². The highest BCUT2D eigenvalue weighted by Crippen LogP contribution is 2.34. The van der Waals surface area contributed by atoms with Gasteiger partial charge in [0.05, 0.1) is 17.3 Å². The third kappa shape index (κ3) is 5.19. The van der Waals surface area contributed by atoms with Gasteiger partial charge in [-0.3, -0.25) is 4.79 Å². The van der Waals surface area contributed by atoms with Gasteiger partial charge in [0.2, 0.25) is 0 Å². The number of hydrogen-bond donors (Lipinski definition) is 3. The predicted octanol–water partition coefficient (Wildman–Crippen LogP) is 4.90. The molecule has 1 aliphatic carbocycles. The van der Waals surface area contributed by atoms with E-state index in [1.54, 1.807) is 4.90 Å². The molecule has 5 rings (SSSR count). The van der Waals surface area contributed by atoms with E-state index in [0.29, 0.717) is 37.5 Å². The van der Waals surface area contributed by atoms with Crippen molar-refractivity contribution in [2.45, 2.75) is 90.4 Å². The first-order chi connectivity index (χ1) is 18.5. The van der Waals surface area contributed by atoms with Gasteiger partial charge in [-0.25, -0.2) is 14.5 Å². The molecule has 3 aromatic rings. The summed E-state index contributed by atoms with van der Waals surface area (Å²) in [4.78, 5) is 32.0. The molecule has 0 bridgehead atoms. The first-order valence-electron chi connectivity index (χ1n) is 14.1. The Bertz CT molecular complexity index is 1290. The summed E-state index contributed by atoms with van der Waals surface area (Å²) in [7, 11) is 0. The molecule has 2 fully saturated rings. The summed E-state index contributed by atoms with van der Waals surface area (Å²) in [5.74, 6) is 0.506. The van der Waals surface area contributed by atoms with Gasteiger partial charge in [0.15, 0.2) is 5.65 Å². The van der Waals surface area contributed by atoms with Gasteiger partial charge in [-0.05, 0) is 69.1 Å². The fraction of sp³-hybridized carbons (Fsp3) is 0.517. The van der Waals surface area contributed by atoms with Gasteiger partial charge in [0.1, 0.15) is 6.17 Å². The molecule has 1 saturated carbocycles. The highest BCUT2D eigenvalue weighted by Gasteiger charge is 2.28. The third-order valence-electron chi connectivity index (χ3n) is 8.13. The van der Waals surface area contributed by atoms with Crippen molar-refractivity contribution < 1.29 is 9.59 Å². The number of nitrogens with two attached hydrogens (primary N) is 1. The average Bonchev–Trinajstić information content (AvgIpc) is 3.62. The number of rotatable bonds is 8. The minimum Gasteiger partial charge on any atom is -0.364 e. The van der Waals surface area contributed by atoms with Gasteiger partial charge in [0.25, 0.3) is 5.91 Å². The van der Waals surface area contributed by atoms with Crippen LogP contribution < -0.4 is 16.4 Å². The number of urea groups is 1. The van der Waals surface area contributed by atoms with Crippen LogP contribution in [-0.4, -0.2) is 44.3 Å². The van der Waals surface area contributed by atoms with Crippen LogP contribution in [0.25, 0.3) is 11.0 Å². The molecule has 3 amide bonds. The van der Waals surface area contributed by atoms with Crippen LogP contribution in [0.5, 0.6) is 0 Å². The van der Waals surface area contributed by atoms with Crippen LogP contribution in [-0.2, 0) is 19.5 Å². The van der Waals surface area contributed by atoms with E-state index in [0.717, 1.165) is 47.2 Å². The highest BCUT2D eigenvalue weighted by molar-refractivity contribution is 5.95. The van der Waals surface area contributed by atoms with Crippen LogP contribution in [0.4, 0.5) is 10.5 Å². The number of aromatic nitrogens is 3. The molecule has 3 heterocycles. The summed E-state index contributed by atoms with van der Waals surface area (Å²) in [5, 5.41) is 12.2. The van der Waals surface area contributed by atoms with Gasteiger partial charge in [0, 0.05) is 36.5 Å². The first kappa shape index (κ1) is 26.0. The van der Waals surface area contributed by atoms with E-state index in [1.807, 2.05) is 29.9 Å². The van der Waals surface area contributed by atoms with E-state index in [1.165, 1.54) is 31.2 Å². The number of pyridine rings is 1. The summed E-state index contributed by atoms with van der Waals surface area (Å²) >= 11 is 0. The zero-order chi connectivity index (χ0) is 26.6. The van der Waals surface area contributed by atoms with Crippen LogP contribution in [0.1, 0.15) is 91.9 Å². The van der Waals surface area contributed by atoms with Crippen LogP contribution in [0, 0.1) is 0 Å². The first-order valence-corrected chi connectivity index (χ1v) is 14.1. The van der Waals surface area contributed by atoms with Gasteiger partial charge in [-0.2, -0.15) is 5.10 Å². The van der Waals surface area contributed by atoms with E-state index in [4.69, 9.17) is 10.7 Å². The van der Waals surface area contributed by atoms with Gasteiger partial charge >= 0.3 is 6.03 Å². The number of nitrogens with zero attached hydrogens (tertiary/aromatic N) is 4. The van der Waals surface area contributed by atoms with Crippen LogP contribution in [0.3, 0.4) is 0 Å². The van der Waals surface area contributed by atoms with Crippen molar-refractivity contribution in [3.63, 3.8) is 0 Å². The number of carbonyl (C=O) groups is 2. The monoisotopic (exact) mass is 517 g/mol. The number of fused-ring (bicyclic) bond motifs is 1. The number of anilines is 1. The third-order valence-corrected chi connectivity index (χ3v) is 8.13. The predicted molar refractivity (Wildman–Crippen MR) is 149 cm³/mol. The number of amides is 3. The Morgan fingerprint density at radius 3 is 2.47 bits per heavy atom. The Kier molecular flexibility index (Phi) is 7.81. The molecule has 1 saturated heterocycles. The van der Waals surface area contributed by atoms with Crippen molar-refractivity contribution in [3.05, 3.63) is 52.8 Å². The smallest absolute Gasteiger partial charge is 0.316 e. The number of aryl methyl sites for hydroxylation is 2. The van der Waals surface area contributed by atoms with Crippen LogP contribution in [0.2, 0.25) is 0 Å². The lowest BCUT2D eigenvalue weighted by Crippen LogP contribution is -2.50. The standard InChI is InChI=1S/C29H39N7O2/c1-3-24-22(17-31-28(37)21-14-12-20(13-15-21)19-9-5-6-10-19)26(23-18-32-36(4-2)27(23)33-24)34-25-11-7-8-16-35(25)29(30)38/h12-15,18-19,25H,3-11,16-17H2,1-2H3,(H2,30,38)(H,31,37)(H,33,34). The number of primary amides is 1. The van der Waals surface area contributed by atoms with Crippen molar-refractivity contribution in [3.8, 4) is 0 Å². The Hall–Kier alpha value is -3.62.